The first-order chi connectivity index (χ1) is 12.5. The Kier molecular flexibility index (Phi) is 7.83. The van der Waals surface area contributed by atoms with Crippen LogP contribution in [0.15, 0.2) is 35.2 Å². The third kappa shape index (κ3) is 5.93. The summed E-state index contributed by atoms with van der Waals surface area (Å²) >= 11 is 16.7. The van der Waals surface area contributed by atoms with Crippen LogP contribution in [0.3, 0.4) is 0 Å². The fourth-order valence-corrected chi connectivity index (χ4v) is 6.44. The van der Waals surface area contributed by atoms with Crippen LogP contribution in [0.25, 0.3) is 0 Å². The minimum absolute atomic E-state index is 0.0484. The zero-order chi connectivity index (χ0) is 20.3. The van der Waals surface area contributed by atoms with E-state index in [0.717, 1.165) is 4.31 Å². The summed E-state index contributed by atoms with van der Waals surface area (Å²) in [6, 6.07) is 7.74. The van der Waals surface area contributed by atoms with Crippen LogP contribution in [0.4, 0.5) is 0 Å². The Morgan fingerprint density at radius 1 is 1.11 bits per heavy atom. The Morgan fingerprint density at radius 3 is 2.30 bits per heavy atom. The Labute approximate surface area is 174 Å². The molecule has 154 valence electrons. The minimum Gasteiger partial charge on any atom is -0.364 e. The maximum absolute atomic E-state index is 13.0. The number of hydrogen-bond acceptors (Lipinski definition) is 6. The molecule has 0 radical (unpaired) electrons. The van der Waals surface area contributed by atoms with Gasteiger partial charge in [-0.15, -0.1) is 0 Å². The molecule has 0 N–H and O–H groups in total. The molecule has 1 aliphatic heterocycles. The van der Waals surface area contributed by atoms with Gasteiger partial charge >= 0.3 is 0 Å². The molecule has 0 aliphatic carbocycles. The van der Waals surface area contributed by atoms with Crippen LogP contribution < -0.4 is 0 Å². The first-order valence-corrected chi connectivity index (χ1v) is 12.1. The van der Waals surface area contributed by atoms with Gasteiger partial charge in [-0.2, -0.15) is 12.7 Å². The maximum atomic E-state index is 13.0. The van der Waals surface area contributed by atoms with E-state index in [2.05, 4.69) is 0 Å². The van der Waals surface area contributed by atoms with Crippen molar-refractivity contribution in [2.24, 2.45) is 0 Å². The van der Waals surface area contributed by atoms with Gasteiger partial charge in [0.1, 0.15) is 18.1 Å². The zero-order valence-corrected chi connectivity index (χ0v) is 18.3. The van der Waals surface area contributed by atoms with Crippen LogP contribution in [-0.4, -0.2) is 56.7 Å². The predicted molar refractivity (Wildman–Crippen MR) is 104 cm³/mol. The van der Waals surface area contributed by atoms with Crippen LogP contribution in [0, 0.1) is 0 Å². The molecule has 27 heavy (non-hydrogen) atoms. The smallest absolute Gasteiger partial charge is 0.274 e. The maximum Gasteiger partial charge on any atom is 0.274 e. The van der Waals surface area contributed by atoms with Gasteiger partial charge in [0.15, 0.2) is 0 Å². The van der Waals surface area contributed by atoms with E-state index in [9.17, 15) is 16.8 Å². The minimum atomic E-state index is -4.26. The first-order valence-electron chi connectivity index (χ1n) is 8.04. The number of hydrogen-bond donors (Lipinski definition) is 0. The van der Waals surface area contributed by atoms with E-state index in [-0.39, 0.29) is 17.9 Å². The summed E-state index contributed by atoms with van der Waals surface area (Å²) in [5, 5.41) is -1.25. The molecule has 0 amide bonds. The van der Waals surface area contributed by atoms with Crippen LogP contribution in [-0.2, 0) is 29.1 Å². The van der Waals surface area contributed by atoms with E-state index in [1.165, 1.54) is 19.2 Å². The van der Waals surface area contributed by atoms with Gasteiger partial charge in [-0.05, 0) is 25.0 Å². The van der Waals surface area contributed by atoms with Crippen molar-refractivity contribution in [3.63, 3.8) is 0 Å². The van der Waals surface area contributed by atoms with Gasteiger partial charge in [0.25, 0.3) is 10.1 Å². The molecule has 1 aliphatic rings. The summed E-state index contributed by atoms with van der Waals surface area (Å²) in [6.07, 6.45) is -0.163. The molecule has 0 spiro atoms. The fourth-order valence-electron chi connectivity index (χ4n) is 2.85. The monoisotopic (exact) mass is 479 g/mol. The fraction of sp³-hybridized carbons (Fsp3) is 0.600. The Balaban J connectivity index is 2.38. The lowest BCUT2D eigenvalue weighted by molar-refractivity contribution is 0.0151. The van der Waals surface area contributed by atoms with Crippen LogP contribution in [0.1, 0.15) is 19.3 Å². The molecule has 0 aromatic heterocycles. The Hall–Kier alpha value is -0.130. The molecule has 7 nitrogen and oxygen atoms in total. The molecule has 0 bridgehead atoms. The van der Waals surface area contributed by atoms with Crippen molar-refractivity contribution < 1.29 is 25.8 Å². The molecule has 1 saturated heterocycles. The van der Waals surface area contributed by atoms with Crippen molar-refractivity contribution in [3.8, 4) is 0 Å². The summed E-state index contributed by atoms with van der Waals surface area (Å²) in [5.74, 6) is 0. The van der Waals surface area contributed by atoms with Gasteiger partial charge in [-0.3, -0.25) is 4.18 Å². The van der Waals surface area contributed by atoms with Gasteiger partial charge in [0.05, 0.1) is 4.90 Å². The second kappa shape index (κ2) is 9.13. The van der Waals surface area contributed by atoms with Crippen LogP contribution in [0.2, 0.25) is 0 Å². The molecular formula is C15H20Cl3NO6S2. The summed E-state index contributed by atoms with van der Waals surface area (Å²) in [4.78, 5) is 0.0484. The van der Waals surface area contributed by atoms with E-state index in [4.69, 9.17) is 43.7 Å². The second-order valence-corrected chi connectivity index (χ2v) is 12.2. The number of halogens is 3. The highest BCUT2D eigenvalue weighted by atomic mass is 35.6. The van der Waals surface area contributed by atoms with Gasteiger partial charge < -0.3 is 4.74 Å². The number of sulfonamides is 1. The average Bonchev–Trinajstić information content (AvgIpc) is 2.83. The molecule has 2 atom stereocenters. The van der Waals surface area contributed by atoms with E-state index in [1.807, 2.05) is 0 Å². The lowest BCUT2D eigenvalue weighted by Gasteiger charge is -2.32. The Bertz CT molecular complexity index is 827. The SMILES string of the molecule is CO[C@H]1[C@H](S(=O)(=O)OCC(Cl)(Cl)Cl)CCCCN1S(=O)(=O)c1ccccc1. The molecule has 1 aromatic rings. The van der Waals surface area contributed by atoms with Crippen molar-refractivity contribution in [2.45, 2.75) is 39.4 Å². The first kappa shape index (κ1) is 23.2. The van der Waals surface area contributed by atoms with Crippen molar-refractivity contribution in [1.82, 2.24) is 4.31 Å². The number of rotatable bonds is 6. The summed E-state index contributed by atoms with van der Waals surface area (Å²) in [5.41, 5.74) is 0. The van der Waals surface area contributed by atoms with Crippen LogP contribution in [0.5, 0.6) is 0 Å². The molecule has 0 unspecified atom stereocenters. The number of benzene rings is 1. The van der Waals surface area contributed by atoms with E-state index < -0.39 is 42.0 Å². The highest BCUT2D eigenvalue weighted by Crippen LogP contribution is 2.32. The van der Waals surface area contributed by atoms with E-state index >= 15 is 0 Å². The van der Waals surface area contributed by atoms with Crippen molar-refractivity contribution in [2.75, 3.05) is 20.3 Å². The van der Waals surface area contributed by atoms with Gasteiger partial charge in [0.2, 0.25) is 13.8 Å². The molecule has 1 heterocycles. The number of methoxy groups -OCH3 is 1. The van der Waals surface area contributed by atoms with Gasteiger partial charge in [-0.25, -0.2) is 8.42 Å². The molecule has 1 aromatic carbocycles. The summed E-state index contributed by atoms with van der Waals surface area (Å²) < 4.78 is 60.7. The number of alkyl halides is 3. The molecule has 0 saturated carbocycles. The third-order valence-corrected chi connectivity index (χ3v) is 7.93. The van der Waals surface area contributed by atoms with Crippen molar-refractivity contribution in [1.29, 1.82) is 0 Å². The van der Waals surface area contributed by atoms with Crippen molar-refractivity contribution >= 4 is 54.9 Å². The largest absolute Gasteiger partial charge is 0.364 e. The molecule has 1 fully saturated rings. The molecule has 2 rings (SSSR count). The second-order valence-electron chi connectivity index (χ2n) is 5.96. The quantitative estimate of drug-likeness (QED) is 0.459. The van der Waals surface area contributed by atoms with Gasteiger partial charge in [-0.1, -0.05) is 59.4 Å². The normalized spacial score (nSPS) is 23.1. The number of nitrogens with zero attached hydrogens (tertiary/aromatic N) is 1. The predicted octanol–water partition coefficient (Wildman–Crippen LogP) is 2.92. The third-order valence-electron chi connectivity index (χ3n) is 4.07. The van der Waals surface area contributed by atoms with Gasteiger partial charge in [0, 0.05) is 13.7 Å². The summed E-state index contributed by atoms with van der Waals surface area (Å²) in [7, 11) is -6.98. The summed E-state index contributed by atoms with van der Waals surface area (Å²) in [6.45, 7) is -0.565. The lowest BCUT2D eigenvalue weighted by atomic mass is 10.2. The zero-order valence-electron chi connectivity index (χ0n) is 14.4. The van der Waals surface area contributed by atoms with E-state index in [0.29, 0.717) is 12.8 Å². The number of ether oxygens (including phenoxy) is 1. The Morgan fingerprint density at radius 2 is 1.74 bits per heavy atom. The standard InChI is InChI=1S/C15H20Cl3NO6S2/c1-24-14-13(27(22,23)25-11-15(16,17)18)9-5-6-10-19(14)26(20,21)12-7-3-2-4-8-12/h2-4,7-8,13-14H,5-6,9-11H2,1H3/t13-,14+/m1/s1. The molecule has 12 heteroatoms. The van der Waals surface area contributed by atoms with Crippen molar-refractivity contribution in [3.05, 3.63) is 30.3 Å². The highest BCUT2D eigenvalue weighted by Gasteiger charge is 2.45. The van der Waals surface area contributed by atoms with Crippen LogP contribution >= 0.6 is 34.8 Å². The topological polar surface area (TPSA) is 90.0 Å². The molecular weight excluding hydrogens is 461 g/mol. The lowest BCUT2D eigenvalue weighted by Crippen LogP contribution is -2.50. The average molecular weight is 481 g/mol. The highest BCUT2D eigenvalue weighted by molar-refractivity contribution is 7.89. The van der Waals surface area contributed by atoms with E-state index in [1.54, 1.807) is 18.2 Å².